The predicted molar refractivity (Wildman–Crippen MR) is 134 cm³/mol. The molecular formula is C29H21NO5. The van der Waals surface area contributed by atoms with Gasteiger partial charge >= 0.3 is 12.1 Å². The van der Waals surface area contributed by atoms with Crippen LogP contribution in [0, 0.1) is 0 Å². The van der Waals surface area contributed by atoms with Crippen molar-refractivity contribution in [3.63, 3.8) is 0 Å². The number of aromatic carboxylic acids is 1. The smallest absolute Gasteiger partial charge is 0.412 e. The van der Waals surface area contributed by atoms with Gasteiger partial charge in [-0.25, -0.2) is 9.59 Å². The van der Waals surface area contributed by atoms with Crippen LogP contribution in [-0.2, 0) is 11.3 Å². The summed E-state index contributed by atoms with van der Waals surface area (Å²) < 4.78 is 11.1. The summed E-state index contributed by atoms with van der Waals surface area (Å²) in [5.41, 5.74) is 4.77. The van der Waals surface area contributed by atoms with Crippen molar-refractivity contribution < 1.29 is 23.8 Å². The highest BCUT2D eigenvalue weighted by molar-refractivity contribution is 5.94. The van der Waals surface area contributed by atoms with Gasteiger partial charge in [0.05, 0.1) is 5.56 Å². The fourth-order valence-corrected chi connectivity index (χ4v) is 3.89. The van der Waals surface area contributed by atoms with Crippen LogP contribution in [0.5, 0.6) is 0 Å². The van der Waals surface area contributed by atoms with E-state index in [1.165, 1.54) is 6.07 Å². The monoisotopic (exact) mass is 463 g/mol. The molecule has 6 nitrogen and oxygen atoms in total. The molecule has 0 spiro atoms. The lowest BCUT2D eigenvalue weighted by molar-refractivity contribution is 0.0697. The second kappa shape index (κ2) is 9.57. The van der Waals surface area contributed by atoms with Crippen LogP contribution in [0.2, 0.25) is 0 Å². The van der Waals surface area contributed by atoms with Crippen molar-refractivity contribution in [1.29, 1.82) is 0 Å². The van der Waals surface area contributed by atoms with Gasteiger partial charge in [0.2, 0.25) is 0 Å². The van der Waals surface area contributed by atoms with Crippen LogP contribution < -0.4 is 5.32 Å². The third-order valence-corrected chi connectivity index (χ3v) is 5.55. The first kappa shape index (κ1) is 22.0. The van der Waals surface area contributed by atoms with Crippen LogP contribution in [0.4, 0.5) is 10.5 Å². The van der Waals surface area contributed by atoms with Gasteiger partial charge in [-0.2, -0.15) is 0 Å². The average Bonchev–Trinajstić information content (AvgIpc) is 3.30. The molecular weight excluding hydrogens is 442 g/mol. The number of benzene rings is 4. The van der Waals surface area contributed by atoms with Crippen LogP contribution in [-0.4, -0.2) is 17.2 Å². The molecule has 5 aromatic rings. The Morgan fingerprint density at radius 1 is 0.743 bits per heavy atom. The topological polar surface area (TPSA) is 88.8 Å². The minimum absolute atomic E-state index is 0.0631. The van der Waals surface area contributed by atoms with Crippen LogP contribution in [0.1, 0.15) is 16.1 Å². The fourth-order valence-electron chi connectivity index (χ4n) is 3.89. The molecule has 172 valence electrons. The van der Waals surface area contributed by atoms with Crippen LogP contribution >= 0.6 is 0 Å². The third kappa shape index (κ3) is 5.07. The van der Waals surface area contributed by atoms with Gasteiger partial charge in [-0.05, 0) is 58.7 Å². The van der Waals surface area contributed by atoms with Crippen molar-refractivity contribution in [3.8, 4) is 22.3 Å². The summed E-state index contributed by atoms with van der Waals surface area (Å²) in [5, 5.41) is 13.0. The van der Waals surface area contributed by atoms with Crippen molar-refractivity contribution in [2.75, 3.05) is 5.32 Å². The number of carboxylic acids is 1. The number of furan rings is 1. The number of nitrogens with one attached hydrogen (secondary N) is 1. The SMILES string of the molecule is O=C(Nc1cc(C(=O)O)cc(-c2ccccc2)c1)OCc1cc2cc(-c3ccccc3)ccc2o1. The van der Waals surface area contributed by atoms with Gasteiger partial charge in [0.1, 0.15) is 11.3 Å². The zero-order valence-electron chi connectivity index (χ0n) is 18.6. The van der Waals surface area contributed by atoms with Crippen molar-refractivity contribution in [3.05, 3.63) is 114 Å². The number of hydrogen-bond acceptors (Lipinski definition) is 4. The van der Waals surface area contributed by atoms with Gasteiger partial charge in [0, 0.05) is 11.1 Å². The summed E-state index contributed by atoms with van der Waals surface area (Å²) in [7, 11) is 0. The Balaban J connectivity index is 1.29. The molecule has 0 radical (unpaired) electrons. The lowest BCUT2D eigenvalue weighted by Crippen LogP contribution is -2.14. The molecule has 0 atom stereocenters. The standard InChI is InChI=1S/C29H21NO5/c31-28(32)24-14-22(20-9-5-2-6-10-20)15-25(16-24)30-29(33)34-18-26-17-23-13-21(11-12-27(23)35-26)19-7-3-1-4-8-19/h1-17H,18H2,(H,30,33)(H,31,32). The first-order valence-electron chi connectivity index (χ1n) is 11.0. The molecule has 0 saturated heterocycles. The van der Waals surface area contributed by atoms with Crippen molar-refractivity contribution in [2.24, 2.45) is 0 Å². The Bertz CT molecular complexity index is 1510. The highest BCUT2D eigenvalue weighted by Gasteiger charge is 2.13. The molecule has 2 N–H and O–H groups in total. The van der Waals surface area contributed by atoms with Crippen molar-refractivity contribution in [1.82, 2.24) is 0 Å². The molecule has 0 aliphatic rings. The highest BCUT2D eigenvalue weighted by atomic mass is 16.6. The van der Waals surface area contributed by atoms with E-state index in [9.17, 15) is 14.7 Å². The van der Waals surface area contributed by atoms with E-state index in [1.54, 1.807) is 12.1 Å². The Hall–Kier alpha value is -4.84. The molecule has 1 aromatic heterocycles. The number of carboxylic acid groups (broad SMARTS) is 1. The number of fused-ring (bicyclic) bond motifs is 1. The number of amides is 1. The van der Waals surface area contributed by atoms with Crippen molar-refractivity contribution in [2.45, 2.75) is 6.61 Å². The predicted octanol–water partition coefficient (Wildman–Crippen LogP) is 7.21. The minimum Gasteiger partial charge on any atom is -0.478 e. The number of anilines is 1. The highest BCUT2D eigenvalue weighted by Crippen LogP contribution is 2.28. The first-order chi connectivity index (χ1) is 17.0. The second-order valence-electron chi connectivity index (χ2n) is 8.00. The summed E-state index contributed by atoms with van der Waals surface area (Å²) in [6, 6.07) is 31.8. The molecule has 0 saturated carbocycles. The molecule has 0 unspecified atom stereocenters. The quantitative estimate of drug-likeness (QED) is 0.278. The van der Waals surface area contributed by atoms with Crippen LogP contribution in [0.3, 0.4) is 0 Å². The molecule has 5 rings (SSSR count). The summed E-state index contributed by atoms with van der Waals surface area (Å²) in [6.45, 7) is -0.0641. The molecule has 0 aliphatic heterocycles. The van der Waals surface area contributed by atoms with Gasteiger partial charge in [-0.3, -0.25) is 5.32 Å². The van der Waals surface area contributed by atoms with Crippen LogP contribution in [0.25, 0.3) is 33.2 Å². The Morgan fingerprint density at radius 2 is 1.43 bits per heavy atom. The van der Waals surface area contributed by atoms with E-state index in [0.29, 0.717) is 22.6 Å². The van der Waals surface area contributed by atoms with E-state index in [2.05, 4.69) is 5.32 Å². The lowest BCUT2D eigenvalue weighted by Gasteiger charge is -2.10. The maximum atomic E-state index is 12.4. The fraction of sp³-hybridized carbons (Fsp3) is 0.0345. The maximum Gasteiger partial charge on any atom is 0.412 e. The van der Waals surface area contributed by atoms with E-state index in [1.807, 2.05) is 84.9 Å². The van der Waals surface area contributed by atoms with Gasteiger partial charge in [0.15, 0.2) is 6.61 Å². The van der Waals surface area contributed by atoms with Crippen molar-refractivity contribution >= 4 is 28.7 Å². The molecule has 0 aliphatic carbocycles. The minimum atomic E-state index is -1.09. The summed E-state index contributed by atoms with van der Waals surface area (Å²) in [6.07, 6.45) is -0.711. The molecule has 4 aromatic carbocycles. The van der Waals surface area contributed by atoms with E-state index >= 15 is 0 Å². The van der Waals surface area contributed by atoms with Gasteiger partial charge in [-0.1, -0.05) is 66.7 Å². The number of hydrogen-bond donors (Lipinski definition) is 2. The summed E-state index contributed by atoms with van der Waals surface area (Å²) in [5.74, 6) is -0.582. The summed E-state index contributed by atoms with van der Waals surface area (Å²) >= 11 is 0. The molecule has 6 heteroatoms. The molecule has 0 fully saturated rings. The largest absolute Gasteiger partial charge is 0.478 e. The number of rotatable bonds is 6. The molecule has 35 heavy (non-hydrogen) atoms. The van der Waals surface area contributed by atoms with Gasteiger partial charge < -0.3 is 14.3 Å². The van der Waals surface area contributed by atoms with E-state index in [-0.39, 0.29) is 12.2 Å². The number of ether oxygens (including phenoxy) is 1. The third-order valence-electron chi connectivity index (χ3n) is 5.55. The zero-order valence-corrected chi connectivity index (χ0v) is 18.6. The first-order valence-corrected chi connectivity index (χ1v) is 11.0. The maximum absolute atomic E-state index is 12.4. The van der Waals surface area contributed by atoms with Gasteiger partial charge in [-0.15, -0.1) is 0 Å². The average molecular weight is 463 g/mol. The zero-order chi connectivity index (χ0) is 24.2. The molecule has 1 heterocycles. The Labute approximate surface area is 201 Å². The van der Waals surface area contributed by atoms with E-state index in [4.69, 9.17) is 9.15 Å². The second-order valence-corrected chi connectivity index (χ2v) is 8.00. The van der Waals surface area contributed by atoms with E-state index < -0.39 is 12.1 Å². The van der Waals surface area contributed by atoms with Gasteiger partial charge in [0.25, 0.3) is 0 Å². The van der Waals surface area contributed by atoms with E-state index in [0.717, 1.165) is 22.1 Å². The summed E-state index contributed by atoms with van der Waals surface area (Å²) in [4.78, 5) is 24.0. The van der Waals surface area contributed by atoms with Crippen LogP contribution in [0.15, 0.2) is 108 Å². The Kier molecular flexibility index (Phi) is 6.01. The number of carbonyl (C=O) groups excluding carboxylic acids is 1. The molecule has 0 bridgehead atoms. The number of carbonyl (C=O) groups is 2. The Morgan fingerprint density at radius 3 is 2.11 bits per heavy atom. The normalized spacial score (nSPS) is 10.7. The lowest BCUT2D eigenvalue weighted by atomic mass is 10.0. The molecule has 1 amide bonds.